The second-order valence-corrected chi connectivity index (χ2v) is 8.84. The lowest BCUT2D eigenvalue weighted by Gasteiger charge is -2.28. The van der Waals surface area contributed by atoms with E-state index in [0.717, 1.165) is 5.66 Å². The molecule has 1 unspecified atom stereocenters. The van der Waals surface area contributed by atoms with Gasteiger partial charge in [-0.2, -0.15) is 0 Å². The molecule has 0 nitrogen and oxygen atoms in total. The molecular weight excluding hydrogens is 327 g/mol. The van der Waals surface area contributed by atoms with Crippen molar-refractivity contribution in [2.45, 2.75) is 104 Å². The lowest BCUT2D eigenvalue weighted by Crippen LogP contribution is -2.10. The summed E-state index contributed by atoms with van der Waals surface area (Å²) in [5.74, 6) is 0. The average Bonchev–Trinajstić information content (AvgIpc) is 2.43. The van der Waals surface area contributed by atoms with Crippen molar-refractivity contribution in [2.24, 2.45) is 0 Å². The van der Waals surface area contributed by atoms with E-state index in [1.807, 2.05) is 0 Å². The predicted molar refractivity (Wildman–Crippen MR) is 104 cm³/mol. The Balaban J connectivity index is 0. The van der Waals surface area contributed by atoms with E-state index in [1.54, 1.807) is 12.3 Å². The zero-order chi connectivity index (χ0) is 14.3. The maximum atomic E-state index is 2.38. The van der Waals surface area contributed by atoms with Crippen molar-refractivity contribution < 1.29 is 0 Å². The lowest BCUT2D eigenvalue weighted by molar-refractivity contribution is 0.588. The van der Waals surface area contributed by atoms with Gasteiger partial charge in [-0.15, -0.1) is 24.9 Å². The SMILES string of the molecule is Br.CCCCCCC(CCC)P(CCCC)CCCC. The highest BCUT2D eigenvalue weighted by Gasteiger charge is 2.18. The van der Waals surface area contributed by atoms with Crippen LogP contribution in [0.3, 0.4) is 0 Å². The summed E-state index contributed by atoms with van der Waals surface area (Å²) in [4.78, 5) is 0. The summed E-state index contributed by atoms with van der Waals surface area (Å²) in [5.41, 5.74) is 1.09. The van der Waals surface area contributed by atoms with Gasteiger partial charge in [0.25, 0.3) is 0 Å². The summed E-state index contributed by atoms with van der Waals surface area (Å²) in [6, 6.07) is 0. The molecule has 0 aliphatic rings. The molecule has 0 heterocycles. The molecule has 0 aromatic rings. The van der Waals surface area contributed by atoms with Crippen molar-refractivity contribution in [2.75, 3.05) is 12.3 Å². The molecular formula is C18H40BrP. The van der Waals surface area contributed by atoms with Gasteiger partial charge in [-0.25, -0.2) is 0 Å². The molecule has 20 heavy (non-hydrogen) atoms. The molecule has 124 valence electrons. The monoisotopic (exact) mass is 366 g/mol. The van der Waals surface area contributed by atoms with Crippen molar-refractivity contribution in [1.29, 1.82) is 0 Å². The van der Waals surface area contributed by atoms with Crippen molar-refractivity contribution in [3.63, 3.8) is 0 Å². The van der Waals surface area contributed by atoms with Gasteiger partial charge >= 0.3 is 0 Å². The molecule has 0 bridgehead atoms. The highest BCUT2D eigenvalue weighted by Crippen LogP contribution is 2.47. The van der Waals surface area contributed by atoms with Crippen LogP contribution < -0.4 is 0 Å². The molecule has 0 fully saturated rings. The van der Waals surface area contributed by atoms with Crippen LogP contribution in [0.2, 0.25) is 0 Å². The first kappa shape index (κ1) is 23.2. The molecule has 0 rings (SSSR count). The van der Waals surface area contributed by atoms with E-state index in [2.05, 4.69) is 27.7 Å². The number of unbranched alkanes of at least 4 members (excludes halogenated alkanes) is 5. The predicted octanol–water partition coefficient (Wildman–Crippen LogP) is 7.79. The first-order chi connectivity index (χ1) is 9.29. The van der Waals surface area contributed by atoms with Crippen molar-refractivity contribution >= 4 is 24.9 Å². The van der Waals surface area contributed by atoms with Crippen LogP contribution in [0, 0.1) is 0 Å². The van der Waals surface area contributed by atoms with E-state index in [4.69, 9.17) is 0 Å². The Morgan fingerprint density at radius 1 is 0.600 bits per heavy atom. The quantitative estimate of drug-likeness (QED) is 0.217. The van der Waals surface area contributed by atoms with Crippen LogP contribution in [0.5, 0.6) is 0 Å². The number of rotatable bonds is 14. The number of halogens is 1. The van der Waals surface area contributed by atoms with E-state index >= 15 is 0 Å². The van der Waals surface area contributed by atoms with Crippen LogP contribution in [0.4, 0.5) is 0 Å². The number of hydrogen-bond donors (Lipinski definition) is 0. The maximum absolute atomic E-state index is 2.38. The minimum Gasteiger partial charge on any atom is -0.114 e. The molecule has 0 amide bonds. The molecule has 0 N–H and O–H groups in total. The molecule has 0 saturated carbocycles. The van der Waals surface area contributed by atoms with E-state index in [9.17, 15) is 0 Å². The lowest BCUT2D eigenvalue weighted by atomic mass is 10.1. The fourth-order valence-electron chi connectivity index (χ4n) is 2.85. The highest BCUT2D eigenvalue weighted by atomic mass is 79.9. The fraction of sp³-hybridized carbons (Fsp3) is 1.00. The topological polar surface area (TPSA) is 0 Å². The third-order valence-electron chi connectivity index (χ3n) is 4.13. The van der Waals surface area contributed by atoms with Gasteiger partial charge in [0, 0.05) is 0 Å². The van der Waals surface area contributed by atoms with Gasteiger partial charge in [0.15, 0.2) is 0 Å². The molecule has 0 spiro atoms. The number of hydrogen-bond acceptors (Lipinski definition) is 0. The Kier molecular flexibility index (Phi) is 20.8. The van der Waals surface area contributed by atoms with Crippen molar-refractivity contribution in [3.05, 3.63) is 0 Å². The Morgan fingerprint density at radius 3 is 1.60 bits per heavy atom. The van der Waals surface area contributed by atoms with Gasteiger partial charge in [-0.3, -0.25) is 0 Å². The molecule has 0 aliphatic carbocycles. The summed E-state index contributed by atoms with van der Waals surface area (Å²) in [7, 11) is 0.337. The van der Waals surface area contributed by atoms with E-state index < -0.39 is 0 Å². The van der Waals surface area contributed by atoms with Crippen LogP contribution in [0.25, 0.3) is 0 Å². The summed E-state index contributed by atoms with van der Waals surface area (Å²) in [5, 5.41) is 0. The molecule has 2 heteroatoms. The smallest absolute Gasteiger partial charge is 0.0209 e. The Labute approximate surface area is 141 Å². The summed E-state index contributed by atoms with van der Waals surface area (Å²) >= 11 is 0. The van der Waals surface area contributed by atoms with E-state index in [-0.39, 0.29) is 17.0 Å². The first-order valence-corrected chi connectivity index (χ1v) is 10.8. The average molecular weight is 367 g/mol. The van der Waals surface area contributed by atoms with Gasteiger partial charge in [0.2, 0.25) is 0 Å². The summed E-state index contributed by atoms with van der Waals surface area (Å²) < 4.78 is 0. The fourth-order valence-corrected chi connectivity index (χ4v) is 6.42. The Hall–Kier alpha value is 0.910. The standard InChI is InChI=1S/C18H39P.BrH/c1-5-9-12-13-15-18(14-8-4)19(16-10-6-2)17-11-7-3;/h18H,5-17H2,1-4H3;1H. The maximum Gasteiger partial charge on any atom is -0.0209 e. The van der Waals surface area contributed by atoms with E-state index in [1.165, 1.54) is 70.6 Å². The first-order valence-electron chi connectivity index (χ1n) is 9.04. The normalized spacial score (nSPS) is 12.4. The van der Waals surface area contributed by atoms with Crippen LogP contribution >= 0.6 is 24.9 Å². The van der Waals surface area contributed by atoms with Gasteiger partial charge in [0.05, 0.1) is 0 Å². The van der Waals surface area contributed by atoms with Gasteiger partial charge < -0.3 is 0 Å². The van der Waals surface area contributed by atoms with E-state index in [0.29, 0.717) is 7.92 Å². The second kappa shape index (κ2) is 18.0. The molecule has 0 radical (unpaired) electrons. The van der Waals surface area contributed by atoms with Crippen molar-refractivity contribution in [1.82, 2.24) is 0 Å². The van der Waals surface area contributed by atoms with Gasteiger partial charge in [-0.05, 0) is 43.7 Å². The Bertz CT molecular complexity index is 165. The largest absolute Gasteiger partial charge is 0.114 e. The van der Waals surface area contributed by atoms with Gasteiger partial charge in [-0.1, -0.05) is 72.6 Å². The Morgan fingerprint density at radius 2 is 1.15 bits per heavy atom. The van der Waals surface area contributed by atoms with Crippen LogP contribution in [-0.4, -0.2) is 18.0 Å². The zero-order valence-corrected chi connectivity index (χ0v) is 17.2. The zero-order valence-electron chi connectivity index (χ0n) is 14.6. The molecule has 0 aromatic carbocycles. The molecule has 1 atom stereocenters. The third kappa shape index (κ3) is 12.6. The summed E-state index contributed by atoms with van der Waals surface area (Å²) in [6.45, 7) is 9.40. The molecule has 0 aliphatic heterocycles. The minimum atomic E-state index is 0. The van der Waals surface area contributed by atoms with Crippen LogP contribution in [0.15, 0.2) is 0 Å². The summed E-state index contributed by atoms with van der Waals surface area (Å²) in [6.07, 6.45) is 19.1. The van der Waals surface area contributed by atoms with Gasteiger partial charge in [0.1, 0.15) is 0 Å². The highest BCUT2D eigenvalue weighted by molar-refractivity contribution is 8.93. The molecule has 0 aromatic heterocycles. The van der Waals surface area contributed by atoms with Crippen molar-refractivity contribution in [3.8, 4) is 0 Å². The minimum absolute atomic E-state index is 0. The van der Waals surface area contributed by atoms with Crippen LogP contribution in [-0.2, 0) is 0 Å². The molecule has 0 saturated heterocycles. The van der Waals surface area contributed by atoms with Crippen LogP contribution in [0.1, 0.15) is 98.3 Å². The third-order valence-corrected chi connectivity index (χ3v) is 7.46. The second-order valence-electron chi connectivity index (χ2n) is 6.03.